The lowest BCUT2D eigenvalue weighted by molar-refractivity contribution is -0.150. The molecule has 0 aliphatic heterocycles. The number of carbonyl (C=O) groups is 1. The molecule has 0 bridgehead atoms. The van der Waals surface area contributed by atoms with Crippen molar-refractivity contribution in [1.82, 2.24) is 9.55 Å². The molecule has 19 heavy (non-hydrogen) atoms. The molecule has 2 rings (SSSR count). The van der Waals surface area contributed by atoms with Crippen LogP contribution in [0.4, 0.5) is 18.9 Å². The van der Waals surface area contributed by atoms with Crippen molar-refractivity contribution < 1.29 is 18.0 Å². The Morgan fingerprint density at radius 3 is 2.47 bits per heavy atom. The van der Waals surface area contributed by atoms with E-state index < -0.39 is 18.5 Å². The summed E-state index contributed by atoms with van der Waals surface area (Å²) in [6.07, 6.45) is -1.05. The van der Waals surface area contributed by atoms with E-state index in [0.717, 1.165) is 5.69 Å². The van der Waals surface area contributed by atoms with Gasteiger partial charge in [-0.15, -0.1) is 0 Å². The third kappa shape index (κ3) is 3.84. The van der Waals surface area contributed by atoms with Crippen molar-refractivity contribution in [2.45, 2.75) is 12.6 Å². The van der Waals surface area contributed by atoms with Gasteiger partial charge in [-0.25, -0.2) is 4.98 Å². The Morgan fingerprint density at radius 1 is 1.26 bits per heavy atom. The van der Waals surface area contributed by atoms with Crippen LogP contribution in [0, 0.1) is 0 Å². The van der Waals surface area contributed by atoms with Crippen molar-refractivity contribution in [3.63, 3.8) is 0 Å². The van der Waals surface area contributed by atoms with Crippen LogP contribution in [0.5, 0.6) is 0 Å². The summed E-state index contributed by atoms with van der Waals surface area (Å²) in [6.45, 7) is 0. The number of rotatable bonds is 3. The second-order valence-electron chi connectivity index (χ2n) is 3.86. The molecule has 2 aromatic rings. The van der Waals surface area contributed by atoms with E-state index in [0.29, 0.717) is 5.69 Å². The molecular formula is C12H10F3N3O. The number of amides is 1. The number of hydrogen-bond acceptors (Lipinski definition) is 2. The highest BCUT2D eigenvalue weighted by Crippen LogP contribution is 2.20. The highest BCUT2D eigenvalue weighted by atomic mass is 19.4. The van der Waals surface area contributed by atoms with Crippen LogP contribution in [0.2, 0.25) is 0 Å². The molecule has 0 saturated heterocycles. The van der Waals surface area contributed by atoms with Gasteiger partial charge in [-0.1, -0.05) is 0 Å². The van der Waals surface area contributed by atoms with Crippen LogP contribution in [-0.2, 0) is 4.79 Å². The number of anilines is 1. The van der Waals surface area contributed by atoms with Crippen molar-refractivity contribution >= 4 is 11.6 Å². The fraction of sp³-hybridized carbons (Fsp3) is 0.167. The number of aromatic nitrogens is 2. The molecular weight excluding hydrogens is 259 g/mol. The maximum absolute atomic E-state index is 12.0. The highest BCUT2D eigenvalue weighted by Gasteiger charge is 2.31. The molecule has 1 heterocycles. The van der Waals surface area contributed by atoms with E-state index in [1.807, 2.05) is 0 Å². The topological polar surface area (TPSA) is 46.9 Å². The first kappa shape index (κ1) is 13.1. The number of nitrogens with zero attached hydrogens (tertiary/aromatic N) is 2. The first-order valence-electron chi connectivity index (χ1n) is 5.39. The molecule has 0 fully saturated rings. The van der Waals surface area contributed by atoms with E-state index in [2.05, 4.69) is 10.3 Å². The molecule has 1 aromatic carbocycles. The van der Waals surface area contributed by atoms with Crippen LogP contribution in [0.25, 0.3) is 5.69 Å². The molecule has 7 heteroatoms. The van der Waals surface area contributed by atoms with Crippen LogP contribution in [0.15, 0.2) is 43.0 Å². The third-order valence-electron chi connectivity index (χ3n) is 2.31. The minimum atomic E-state index is -4.50. The minimum absolute atomic E-state index is 0.318. The number of benzene rings is 1. The highest BCUT2D eigenvalue weighted by molar-refractivity contribution is 5.91. The lowest BCUT2D eigenvalue weighted by atomic mass is 10.2. The molecule has 4 nitrogen and oxygen atoms in total. The van der Waals surface area contributed by atoms with Gasteiger partial charge in [-0.2, -0.15) is 13.2 Å². The van der Waals surface area contributed by atoms with Crippen LogP contribution >= 0.6 is 0 Å². The Kier molecular flexibility index (Phi) is 3.55. The molecule has 0 atom stereocenters. The largest absolute Gasteiger partial charge is 0.397 e. The quantitative estimate of drug-likeness (QED) is 0.931. The number of carbonyl (C=O) groups excluding carboxylic acids is 1. The van der Waals surface area contributed by atoms with E-state index in [9.17, 15) is 18.0 Å². The molecule has 1 aromatic heterocycles. The summed E-state index contributed by atoms with van der Waals surface area (Å²) in [6, 6.07) is 6.41. The predicted molar refractivity (Wildman–Crippen MR) is 62.9 cm³/mol. The van der Waals surface area contributed by atoms with E-state index in [-0.39, 0.29) is 0 Å². The number of halogens is 3. The third-order valence-corrected chi connectivity index (χ3v) is 2.31. The van der Waals surface area contributed by atoms with Crippen molar-refractivity contribution in [1.29, 1.82) is 0 Å². The average Bonchev–Trinajstić information content (AvgIpc) is 2.80. The fourth-order valence-corrected chi connectivity index (χ4v) is 1.52. The molecule has 0 aliphatic rings. The maximum atomic E-state index is 12.0. The zero-order chi connectivity index (χ0) is 13.9. The van der Waals surface area contributed by atoms with Crippen LogP contribution in [0.3, 0.4) is 0 Å². The summed E-state index contributed by atoms with van der Waals surface area (Å²) in [5.74, 6) is -1.08. The predicted octanol–water partition coefficient (Wildman–Crippen LogP) is 2.76. The maximum Gasteiger partial charge on any atom is 0.397 e. The van der Waals surface area contributed by atoms with Crippen LogP contribution < -0.4 is 5.32 Å². The van der Waals surface area contributed by atoms with E-state index >= 15 is 0 Å². The molecule has 1 amide bonds. The van der Waals surface area contributed by atoms with Crippen molar-refractivity contribution in [2.24, 2.45) is 0 Å². The molecule has 1 N–H and O–H groups in total. The molecule has 0 radical (unpaired) electrons. The van der Waals surface area contributed by atoms with Crippen molar-refractivity contribution in [3.8, 4) is 5.69 Å². The SMILES string of the molecule is O=C(CC(F)(F)F)Nc1ccc(-n2ccnc2)cc1. The molecule has 100 valence electrons. The Morgan fingerprint density at radius 2 is 1.95 bits per heavy atom. The first-order valence-corrected chi connectivity index (χ1v) is 5.39. The second-order valence-corrected chi connectivity index (χ2v) is 3.86. The van der Waals surface area contributed by atoms with Crippen LogP contribution in [-0.4, -0.2) is 21.6 Å². The average molecular weight is 269 g/mol. The first-order chi connectivity index (χ1) is 8.94. The van der Waals surface area contributed by atoms with Gasteiger partial charge >= 0.3 is 6.18 Å². The van der Waals surface area contributed by atoms with Gasteiger partial charge in [0.15, 0.2) is 0 Å². The lowest BCUT2D eigenvalue weighted by Crippen LogP contribution is -2.21. The molecule has 0 aliphatic carbocycles. The molecule has 0 spiro atoms. The fourth-order valence-electron chi connectivity index (χ4n) is 1.52. The van der Waals surface area contributed by atoms with Gasteiger partial charge in [0.1, 0.15) is 6.42 Å². The van der Waals surface area contributed by atoms with Crippen molar-refractivity contribution in [2.75, 3.05) is 5.32 Å². The molecule has 0 saturated carbocycles. The Balaban J connectivity index is 2.01. The number of alkyl halides is 3. The Hall–Kier alpha value is -2.31. The zero-order valence-electron chi connectivity index (χ0n) is 9.69. The lowest BCUT2D eigenvalue weighted by Gasteiger charge is -2.08. The minimum Gasteiger partial charge on any atom is -0.326 e. The number of imidazole rings is 1. The van der Waals surface area contributed by atoms with Gasteiger partial charge < -0.3 is 9.88 Å². The van der Waals surface area contributed by atoms with Gasteiger partial charge in [0, 0.05) is 23.8 Å². The van der Waals surface area contributed by atoms with Gasteiger partial charge in [0.2, 0.25) is 5.91 Å². The van der Waals surface area contributed by atoms with Gasteiger partial charge in [0.05, 0.1) is 6.33 Å². The van der Waals surface area contributed by atoms with Crippen molar-refractivity contribution in [3.05, 3.63) is 43.0 Å². The normalized spacial score (nSPS) is 11.3. The smallest absolute Gasteiger partial charge is 0.326 e. The van der Waals surface area contributed by atoms with Crippen LogP contribution in [0.1, 0.15) is 6.42 Å². The zero-order valence-corrected chi connectivity index (χ0v) is 9.69. The Bertz CT molecular complexity index is 547. The second kappa shape index (κ2) is 5.13. The monoisotopic (exact) mass is 269 g/mol. The van der Waals surface area contributed by atoms with Gasteiger partial charge in [-0.05, 0) is 24.3 Å². The number of nitrogens with one attached hydrogen (secondary N) is 1. The summed E-state index contributed by atoms with van der Waals surface area (Å²) >= 11 is 0. The summed E-state index contributed by atoms with van der Waals surface area (Å²) in [7, 11) is 0. The van der Waals surface area contributed by atoms with Gasteiger partial charge in [-0.3, -0.25) is 4.79 Å². The van der Waals surface area contributed by atoms with E-state index in [1.54, 1.807) is 35.4 Å². The number of hydrogen-bond donors (Lipinski definition) is 1. The Labute approximate surface area is 106 Å². The van der Waals surface area contributed by atoms with E-state index in [4.69, 9.17) is 0 Å². The molecule has 0 unspecified atom stereocenters. The van der Waals surface area contributed by atoms with Gasteiger partial charge in [0.25, 0.3) is 0 Å². The summed E-state index contributed by atoms with van der Waals surface area (Å²) < 4.78 is 37.7. The summed E-state index contributed by atoms with van der Waals surface area (Å²) in [5, 5.41) is 2.19. The van der Waals surface area contributed by atoms with E-state index in [1.165, 1.54) is 12.1 Å². The standard InChI is InChI=1S/C12H10F3N3O/c13-12(14,15)7-11(19)17-9-1-3-10(4-2-9)18-6-5-16-8-18/h1-6,8H,7H2,(H,17,19). The summed E-state index contributed by atoms with van der Waals surface area (Å²) in [4.78, 5) is 15.0. The summed E-state index contributed by atoms with van der Waals surface area (Å²) in [5.41, 5.74) is 1.12.